The second-order valence-electron chi connectivity index (χ2n) is 7.65. The number of aromatic nitrogens is 2. The van der Waals surface area contributed by atoms with Crippen molar-refractivity contribution in [3.63, 3.8) is 0 Å². The molecule has 1 amide bonds. The molecule has 1 heterocycles. The summed E-state index contributed by atoms with van der Waals surface area (Å²) in [5.74, 6) is 3.54. The first kappa shape index (κ1) is 15.7. The lowest BCUT2D eigenvalue weighted by Gasteiger charge is -2.28. The molecule has 4 nitrogen and oxygen atoms in total. The molecule has 0 radical (unpaired) electrons. The first-order valence-corrected chi connectivity index (χ1v) is 9.39. The van der Waals surface area contributed by atoms with Gasteiger partial charge in [-0.05, 0) is 56.1 Å². The highest BCUT2D eigenvalue weighted by Crippen LogP contribution is 2.49. The molecule has 2 saturated carbocycles. The van der Waals surface area contributed by atoms with Gasteiger partial charge in [0.05, 0.1) is 11.0 Å². The Morgan fingerprint density at radius 1 is 1.33 bits per heavy atom. The van der Waals surface area contributed by atoms with Gasteiger partial charge in [0.2, 0.25) is 5.91 Å². The van der Waals surface area contributed by atoms with E-state index in [1.807, 2.05) is 24.3 Å². The van der Waals surface area contributed by atoms with Crippen LogP contribution in [0.2, 0.25) is 0 Å². The average molecular weight is 325 g/mol. The van der Waals surface area contributed by atoms with E-state index in [1.165, 1.54) is 25.7 Å². The lowest BCUT2D eigenvalue weighted by atomic mass is 9.84. The number of nitrogens with zero attached hydrogens (tertiary/aromatic N) is 2. The third kappa shape index (κ3) is 2.72. The van der Waals surface area contributed by atoms with Crippen LogP contribution in [0.25, 0.3) is 11.0 Å². The highest BCUT2D eigenvalue weighted by atomic mass is 16.2. The van der Waals surface area contributed by atoms with Gasteiger partial charge in [0, 0.05) is 12.5 Å². The first-order chi connectivity index (χ1) is 11.7. The number of imidazole rings is 1. The number of rotatable bonds is 5. The highest BCUT2D eigenvalue weighted by molar-refractivity contribution is 5.81. The number of carbonyl (C=O) groups excluding carboxylic acids is 1. The van der Waals surface area contributed by atoms with Crippen LogP contribution >= 0.6 is 0 Å². The summed E-state index contributed by atoms with van der Waals surface area (Å²) in [6, 6.07) is 8.36. The largest absolute Gasteiger partial charge is 0.352 e. The van der Waals surface area contributed by atoms with E-state index >= 15 is 0 Å². The number of para-hydroxylation sites is 2. The molecule has 2 bridgehead atoms. The Kier molecular flexibility index (Phi) is 4.07. The van der Waals surface area contributed by atoms with Gasteiger partial charge in [-0.15, -0.1) is 0 Å². The molecular weight excluding hydrogens is 298 g/mol. The van der Waals surface area contributed by atoms with Crippen molar-refractivity contribution in [2.45, 2.75) is 58.5 Å². The van der Waals surface area contributed by atoms with Crippen LogP contribution < -0.4 is 5.32 Å². The van der Waals surface area contributed by atoms with Crippen LogP contribution in [-0.2, 0) is 17.8 Å². The van der Waals surface area contributed by atoms with Crippen molar-refractivity contribution in [3.8, 4) is 0 Å². The lowest BCUT2D eigenvalue weighted by molar-refractivity contribution is -0.122. The number of hydrogen-bond donors (Lipinski definition) is 1. The molecule has 0 unspecified atom stereocenters. The van der Waals surface area contributed by atoms with Crippen molar-refractivity contribution in [2.24, 2.45) is 17.8 Å². The molecule has 4 atom stereocenters. The zero-order valence-corrected chi connectivity index (χ0v) is 14.7. The van der Waals surface area contributed by atoms with Gasteiger partial charge in [0.15, 0.2) is 0 Å². The molecule has 0 aliphatic heterocycles. The molecule has 4 rings (SSSR count). The molecule has 2 fully saturated rings. The summed E-state index contributed by atoms with van der Waals surface area (Å²) in [7, 11) is 0. The molecule has 2 aromatic rings. The maximum Gasteiger partial charge on any atom is 0.240 e. The van der Waals surface area contributed by atoms with Gasteiger partial charge in [-0.3, -0.25) is 4.79 Å². The summed E-state index contributed by atoms with van der Waals surface area (Å²) in [5, 5.41) is 3.27. The number of fused-ring (bicyclic) bond motifs is 3. The van der Waals surface area contributed by atoms with Crippen molar-refractivity contribution in [3.05, 3.63) is 30.1 Å². The van der Waals surface area contributed by atoms with Crippen molar-refractivity contribution in [1.82, 2.24) is 14.9 Å². The molecule has 2 aliphatic carbocycles. The molecule has 0 saturated heterocycles. The van der Waals surface area contributed by atoms with Crippen LogP contribution in [0.15, 0.2) is 24.3 Å². The summed E-state index contributed by atoms with van der Waals surface area (Å²) in [6.07, 6.45) is 6.30. The fourth-order valence-electron chi connectivity index (χ4n) is 5.03. The predicted octanol–water partition coefficient (Wildman–Crippen LogP) is 3.54. The standard InChI is InChI=1S/C20H27N3O/c1-3-19-22-17-6-4-5-7-18(17)23(19)12-20(24)21-13(2)16-11-14-8-9-15(16)10-14/h4-7,13-16H,3,8-12H2,1-2H3,(H,21,24)/t13-,14+,15+,16-/m1/s1. The van der Waals surface area contributed by atoms with E-state index in [9.17, 15) is 4.79 Å². The zero-order valence-electron chi connectivity index (χ0n) is 14.7. The summed E-state index contributed by atoms with van der Waals surface area (Å²) in [4.78, 5) is 17.3. The summed E-state index contributed by atoms with van der Waals surface area (Å²) in [5.41, 5.74) is 2.03. The van der Waals surface area contributed by atoms with Gasteiger partial charge in [-0.2, -0.15) is 0 Å². The Morgan fingerprint density at radius 2 is 2.17 bits per heavy atom. The fourth-order valence-corrected chi connectivity index (χ4v) is 5.03. The van der Waals surface area contributed by atoms with Gasteiger partial charge in [-0.1, -0.05) is 25.5 Å². The van der Waals surface area contributed by atoms with E-state index in [4.69, 9.17) is 0 Å². The molecule has 1 N–H and O–H groups in total. The third-order valence-corrected chi connectivity index (χ3v) is 6.18. The minimum atomic E-state index is 0.114. The van der Waals surface area contributed by atoms with E-state index in [1.54, 1.807) is 0 Å². The smallest absolute Gasteiger partial charge is 0.240 e. The van der Waals surface area contributed by atoms with Crippen LogP contribution in [0, 0.1) is 17.8 Å². The molecule has 1 aromatic heterocycles. The number of benzene rings is 1. The van der Waals surface area contributed by atoms with Gasteiger partial charge < -0.3 is 9.88 Å². The normalized spacial score (nSPS) is 26.8. The SMILES string of the molecule is CCc1nc2ccccc2n1CC(=O)N[C@H](C)[C@H]1C[C@H]2CC[C@H]1C2. The van der Waals surface area contributed by atoms with Crippen molar-refractivity contribution in [1.29, 1.82) is 0 Å². The van der Waals surface area contributed by atoms with Crippen LogP contribution in [-0.4, -0.2) is 21.5 Å². The number of carbonyl (C=O) groups is 1. The third-order valence-electron chi connectivity index (χ3n) is 6.18. The predicted molar refractivity (Wildman–Crippen MR) is 95.7 cm³/mol. The summed E-state index contributed by atoms with van der Waals surface area (Å²) < 4.78 is 2.07. The fraction of sp³-hybridized carbons (Fsp3) is 0.600. The van der Waals surface area contributed by atoms with Crippen LogP contribution in [0.3, 0.4) is 0 Å². The van der Waals surface area contributed by atoms with Gasteiger partial charge in [0.1, 0.15) is 12.4 Å². The molecule has 0 spiro atoms. The van der Waals surface area contributed by atoms with E-state index in [0.29, 0.717) is 12.5 Å². The quantitative estimate of drug-likeness (QED) is 0.914. The topological polar surface area (TPSA) is 46.9 Å². The minimum Gasteiger partial charge on any atom is -0.352 e. The van der Waals surface area contributed by atoms with Gasteiger partial charge in [0.25, 0.3) is 0 Å². The monoisotopic (exact) mass is 325 g/mol. The van der Waals surface area contributed by atoms with Crippen molar-refractivity contribution in [2.75, 3.05) is 0 Å². The Hall–Kier alpha value is -1.84. The minimum absolute atomic E-state index is 0.114. The van der Waals surface area contributed by atoms with Crippen LogP contribution in [0.1, 0.15) is 45.4 Å². The Balaban J connectivity index is 1.46. The molecule has 1 aromatic carbocycles. The number of nitrogens with one attached hydrogen (secondary N) is 1. The Morgan fingerprint density at radius 3 is 2.88 bits per heavy atom. The zero-order chi connectivity index (χ0) is 16.7. The van der Waals surface area contributed by atoms with Crippen LogP contribution in [0.5, 0.6) is 0 Å². The summed E-state index contributed by atoms with van der Waals surface area (Å²) in [6.45, 7) is 4.65. The Bertz CT molecular complexity index is 750. The van der Waals surface area contributed by atoms with E-state index in [0.717, 1.165) is 35.1 Å². The van der Waals surface area contributed by atoms with Gasteiger partial charge >= 0.3 is 0 Å². The number of amides is 1. The van der Waals surface area contributed by atoms with Crippen LogP contribution in [0.4, 0.5) is 0 Å². The molecule has 4 heteroatoms. The highest BCUT2D eigenvalue weighted by Gasteiger charge is 2.42. The first-order valence-electron chi connectivity index (χ1n) is 9.39. The average Bonchev–Trinajstić information content (AvgIpc) is 3.29. The second-order valence-corrected chi connectivity index (χ2v) is 7.65. The molecular formula is C20H27N3O. The molecule has 128 valence electrons. The lowest BCUT2D eigenvalue weighted by Crippen LogP contribution is -2.41. The number of hydrogen-bond acceptors (Lipinski definition) is 2. The van der Waals surface area contributed by atoms with Crippen molar-refractivity contribution >= 4 is 16.9 Å². The molecule has 2 aliphatic rings. The van der Waals surface area contributed by atoms with Gasteiger partial charge in [-0.25, -0.2) is 4.98 Å². The maximum absolute atomic E-state index is 12.6. The molecule has 24 heavy (non-hydrogen) atoms. The van der Waals surface area contributed by atoms with E-state index in [2.05, 4.69) is 28.7 Å². The maximum atomic E-state index is 12.6. The summed E-state index contributed by atoms with van der Waals surface area (Å²) >= 11 is 0. The van der Waals surface area contributed by atoms with E-state index in [-0.39, 0.29) is 11.9 Å². The number of aryl methyl sites for hydroxylation is 1. The second kappa shape index (κ2) is 6.23. The van der Waals surface area contributed by atoms with E-state index < -0.39 is 0 Å². The van der Waals surface area contributed by atoms with Crippen molar-refractivity contribution < 1.29 is 4.79 Å². The Labute approximate surface area is 143 Å².